The molecule has 0 aromatic heterocycles. The van der Waals surface area contributed by atoms with Crippen LogP contribution in [-0.4, -0.2) is 34.8 Å². The van der Waals surface area contributed by atoms with Crippen molar-refractivity contribution in [3.8, 4) is 0 Å². The highest BCUT2D eigenvalue weighted by molar-refractivity contribution is 5.95. The second kappa shape index (κ2) is 5.72. The van der Waals surface area contributed by atoms with E-state index in [1.165, 1.54) is 0 Å². The van der Waals surface area contributed by atoms with Crippen LogP contribution in [0, 0.1) is 5.92 Å². The van der Waals surface area contributed by atoms with Gasteiger partial charge in [-0.1, -0.05) is 27.7 Å². The molecule has 4 heteroatoms. The first kappa shape index (κ1) is 15.0. The van der Waals surface area contributed by atoms with Crippen LogP contribution in [0.15, 0.2) is 0 Å². The highest BCUT2D eigenvalue weighted by Crippen LogP contribution is 2.26. The first-order valence-electron chi connectivity index (χ1n) is 6.95. The number of rotatable bonds is 5. The lowest BCUT2D eigenvalue weighted by molar-refractivity contribution is -0.151. The molecule has 0 bridgehead atoms. The fourth-order valence-electron chi connectivity index (χ4n) is 2.43. The molecule has 1 heterocycles. The fraction of sp³-hybridized carbons (Fsp3) is 0.857. The van der Waals surface area contributed by atoms with Gasteiger partial charge in [-0.2, -0.15) is 0 Å². The standard InChI is InChI=1S/C14H26N2O2/c1-6-14(5,7-2)16-9-12(17)15-11(13(16)18)8-10(3)4/h10-11H,6-9H2,1-5H3,(H,15,17). The van der Waals surface area contributed by atoms with Gasteiger partial charge in [0.05, 0.1) is 0 Å². The third-order valence-corrected chi connectivity index (χ3v) is 4.08. The van der Waals surface area contributed by atoms with Crippen LogP contribution in [-0.2, 0) is 9.59 Å². The largest absolute Gasteiger partial charge is 0.343 e. The normalized spacial score (nSPS) is 21.4. The minimum atomic E-state index is -0.344. The van der Waals surface area contributed by atoms with Crippen LogP contribution in [0.2, 0.25) is 0 Å². The number of carbonyl (C=O) groups is 2. The summed E-state index contributed by atoms with van der Waals surface area (Å²) < 4.78 is 0. The maximum atomic E-state index is 12.5. The molecule has 2 amide bonds. The second-order valence-corrected chi connectivity index (χ2v) is 5.88. The fourth-order valence-corrected chi connectivity index (χ4v) is 2.43. The average Bonchev–Trinajstić information content (AvgIpc) is 2.31. The zero-order valence-electron chi connectivity index (χ0n) is 12.2. The van der Waals surface area contributed by atoms with Gasteiger partial charge in [-0.25, -0.2) is 0 Å². The van der Waals surface area contributed by atoms with Crippen molar-refractivity contribution in [3.63, 3.8) is 0 Å². The molecule has 1 saturated heterocycles. The van der Waals surface area contributed by atoms with Crippen LogP contribution in [0.1, 0.15) is 53.9 Å². The Labute approximate surface area is 110 Å². The summed E-state index contributed by atoms with van der Waals surface area (Å²) in [6.45, 7) is 10.5. The van der Waals surface area contributed by atoms with E-state index in [2.05, 4.69) is 39.9 Å². The first-order valence-corrected chi connectivity index (χ1v) is 6.95. The lowest BCUT2D eigenvalue weighted by atomic mass is 9.90. The van der Waals surface area contributed by atoms with Gasteiger partial charge in [0, 0.05) is 5.54 Å². The van der Waals surface area contributed by atoms with Crippen molar-refractivity contribution in [3.05, 3.63) is 0 Å². The van der Waals surface area contributed by atoms with Gasteiger partial charge in [-0.05, 0) is 32.1 Å². The Morgan fingerprint density at radius 1 is 1.33 bits per heavy atom. The number of carbonyl (C=O) groups excluding carboxylic acids is 2. The van der Waals surface area contributed by atoms with E-state index in [9.17, 15) is 9.59 Å². The predicted molar refractivity (Wildman–Crippen MR) is 72.1 cm³/mol. The average molecular weight is 254 g/mol. The van der Waals surface area contributed by atoms with Crippen molar-refractivity contribution in [2.45, 2.75) is 65.5 Å². The number of nitrogens with zero attached hydrogens (tertiary/aromatic N) is 1. The van der Waals surface area contributed by atoms with Crippen LogP contribution in [0.4, 0.5) is 0 Å². The lowest BCUT2D eigenvalue weighted by Crippen LogP contribution is -2.64. The van der Waals surface area contributed by atoms with Gasteiger partial charge in [-0.3, -0.25) is 9.59 Å². The monoisotopic (exact) mass is 254 g/mol. The van der Waals surface area contributed by atoms with Crippen LogP contribution < -0.4 is 5.32 Å². The number of hydrogen-bond donors (Lipinski definition) is 1. The quantitative estimate of drug-likeness (QED) is 0.815. The predicted octanol–water partition coefficient (Wildman–Crippen LogP) is 1.94. The summed E-state index contributed by atoms with van der Waals surface area (Å²) in [4.78, 5) is 26.0. The molecule has 104 valence electrons. The Bertz CT molecular complexity index is 322. The molecule has 1 atom stereocenters. The smallest absolute Gasteiger partial charge is 0.246 e. The lowest BCUT2D eigenvalue weighted by Gasteiger charge is -2.44. The van der Waals surface area contributed by atoms with Gasteiger partial charge in [0.25, 0.3) is 0 Å². The molecule has 0 saturated carbocycles. The van der Waals surface area contributed by atoms with E-state index in [0.717, 1.165) is 12.8 Å². The molecular formula is C14H26N2O2. The van der Waals surface area contributed by atoms with Gasteiger partial charge >= 0.3 is 0 Å². The van der Waals surface area contributed by atoms with E-state index in [-0.39, 0.29) is 29.9 Å². The minimum Gasteiger partial charge on any atom is -0.343 e. The molecule has 1 fully saturated rings. The highest BCUT2D eigenvalue weighted by atomic mass is 16.2. The molecule has 0 aromatic carbocycles. The maximum absolute atomic E-state index is 12.5. The van der Waals surface area contributed by atoms with Gasteiger partial charge in [0.1, 0.15) is 12.6 Å². The molecule has 0 radical (unpaired) electrons. The summed E-state index contributed by atoms with van der Waals surface area (Å²) in [5.74, 6) is 0.441. The molecule has 1 rings (SSSR count). The van der Waals surface area contributed by atoms with Gasteiger partial charge in [0.15, 0.2) is 0 Å². The molecule has 0 aliphatic carbocycles. The Morgan fingerprint density at radius 3 is 2.33 bits per heavy atom. The molecule has 0 spiro atoms. The van der Waals surface area contributed by atoms with Gasteiger partial charge in [0.2, 0.25) is 11.8 Å². The van der Waals surface area contributed by atoms with Crippen molar-refractivity contribution in [2.75, 3.05) is 6.54 Å². The van der Waals surface area contributed by atoms with Gasteiger partial charge < -0.3 is 10.2 Å². The molecular weight excluding hydrogens is 228 g/mol. The second-order valence-electron chi connectivity index (χ2n) is 5.88. The Morgan fingerprint density at radius 2 is 1.89 bits per heavy atom. The zero-order chi connectivity index (χ0) is 13.9. The van der Waals surface area contributed by atoms with Crippen molar-refractivity contribution in [2.24, 2.45) is 5.92 Å². The third kappa shape index (κ3) is 3.03. The Balaban J connectivity index is 2.91. The van der Waals surface area contributed by atoms with Crippen molar-refractivity contribution in [1.29, 1.82) is 0 Å². The van der Waals surface area contributed by atoms with Crippen molar-refractivity contribution < 1.29 is 9.59 Å². The number of piperazine rings is 1. The number of hydrogen-bond acceptors (Lipinski definition) is 2. The maximum Gasteiger partial charge on any atom is 0.246 e. The molecule has 18 heavy (non-hydrogen) atoms. The van der Waals surface area contributed by atoms with E-state index >= 15 is 0 Å². The van der Waals surface area contributed by atoms with E-state index in [1.54, 1.807) is 4.90 Å². The molecule has 1 aliphatic rings. The summed E-state index contributed by atoms with van der Waals surface area (Å²) in [5, 5.41) is 2.82. The SMILES string of the molecule is CCC(C)(CC)N1CC(=O)NC(CC(C)C)C1=O. The number of amides is 2. The molecule has 1 unspecified atom stereocenters. The molecule has 4 nitrogen and oxygen atoms in total. The highest BCUT2D eigenvalue weighted by Gasteiger charge is 2.40. The van der Waals surface area contributed by atoms with E-state index in [0.29, 0.717) is 12.3 Å². The summed E-state index contributed by atoms with van der Waals surface area (Å²) in [7, 11) is 0. The minimum absolute atomic E-state index is 0.0339. The van der Waals surface area contributed by atoms with Crippen LogP contribution >= 0.6 is 0 Å². The Kier molecular flexibility index (Phi) is 4.77. The summed E-state index contributed by atoms with van der Waals surface area (Å²) in [6.07, 6.45) is 2.46. The van der Waals surface area contributed by atoms with E-state index in [1.807, 2.05) is 0 Å². The van der Waals surface area contributed by atoms with E-state index in [4.69, 9.17) is 0 Å². The number of nitrogens with one attached hydrogen (secondary N) is 1. The van der Waals surface area contributed by atoms with Crippen molar-refractivity contribution in [1.82, 2.24) is 10.2 Å². The first-order chi connectivity index (χ1) is 8.34. The van der Waals surface area contributed by atoms with Crippen LogP contribution in [0.5, 0.6) is 0 Å². The third-order valence-electron chi connectivity index (χ3n) is 4.08. The molecule has 0 aromatic rings. The summed E-state index contributed by atoms with van der Waals surface area (Å²) in [5.41, 5.74) is -0.204. The van der Waals surface area contributed by atoms with Crippen LogP contribution in [0.3, 0.4) is 0 Å². The summed E-state index contributed by atoms with van der Waals surface area (Å²) >= 11 is 0. The molecule has 1 aliphatic heterocycles. The topological polar surface area (TPSA) is 49.4 Å². The summed E-state index contributed by atoms with van der Waals surface area (Å²) in [6, 6.07) is -0.344. The van der Waals surface area contributed by atoms with Gasteiger partial charge in [-0.15, -0.1) is 0 Å². The Hall–Kier alpha value is -1.06. The van der Waals surface area contributed by atoms with E-state index < -0.39 is 0 Å². The van der Waals surface area contributed by atoms with Crippen LogP contribution in [0.25, 0.3) is 0 Å². The van der Waals surface area contributed by atoms with Crippen molar-refractivity contribution >= 4 is 11.8 Å². The molecule has 1 N–H and O–H groups in total. The zero-order valence-corrected chi connectivity index (χ0v) is 12.2.